The van der Waals surface area contributed by atoms with Crippen molar-refractivity contribution in [2.75, 3.05) is 13.6 Å². The highest BCUT2D eigenvalue weighted by Gasteiger charge is 2.47. The van der Waals surface area contributed by atoms with Gasteiger partial charge in [0.15, 0.2) is 0 Å². The number of allylic oxidation sites excluding steroid dienone is 2. The molecule has 3 atom stereocenters. The van der Waals surface area contributed by atoms with Crippen molar-refractivity contribution >= 4 is 23.6 Å². The maximum Gasteiger partial charge on any atom is 0.242 e. The van der Waals surface area contributed by atoms with E-state index in [4.69, 9.17) is 0 Å². The van der Waals surface area contributed by atoms with Crippen molar-refractivity contribution in [1.82, 2.24) is 15.1 Å². The number of nitrogens with zero attached hydrogens (tertiary/aromatic N) is 2. The van der Waals surface area contributed by atoms with Crippen molar-refractivity contribution in [3.63, 3.8) is 0 Å². The minimum Gasteiger partial charge on any atom is -0.357 e. The third-order valence-corrected chi connectivity index (χ3v) is 5.98. The second kappa shape index (κ2) is 9.69. The number of hydrogen-bond acceptors (Lipinski definition) is 4. The summed E-state index contributed by atoms with van der Waals surface area (Å²) in [6, 6.07) is 8.86. The molecule has 1 aromatic carbocycles. The molecule has 0 radical (unpaired) electrons. The number of benzene rings is 1. The Kier molecular flexibility index (Phi) is 7.03. The van der Waals surface area contributed by atoms with Crippen molar-refractivity contribution in [3.05, 3.63) is 48.0 Å². The highest BCUT2D eigenvalue weighted by Crippen LogP contribution is 2.35. The van der Waals surface area contributed by atoms with Crippen LogP contribution in [0.2, 0.25) is 0 Å². The Bertz CT molecular complexity index is 810. The lowest BCUT2D eigenvalue weighted by Gasteiger charge is -2.30. The van der Waals surface area contributed by atoms with E-state index in [1.807, 2.05) is 49.4 Å². The minimum absolute atomic E-state index is 0.00464. The summed E-state index contributed by atoms with van der Waals surface area (Å²) in [6.07, 6.45) is 5.51. The normalized spacial score (nSPS) is 21.3. The Morgan fingerprint density at radius 1 is 1.10 bits per heavy atom. The van der Waals surface area contributed by atoms with Gasteiger partial charge in [-0.15, -0.1) is 0 Å². The van der Waals surface area contributed by atoms with E-state index in [1.165, 1.54) is 4.90 Å². The predicted octanol–water partition coefficient (Wildman–Crippen LogP) is 1.88. The molecule has 1 N–H and O–H groups in total. The lowest BCUT2D eigenvalue weighted by molar-refractivity contribution is -0.144. The third-order valence-electron chi connectivity index (χ3n) is 5.98. The zero-order valence-corrected chi connectivity index (χ0v) is 17.5. The van der Waals surface area contributed by atoms with Crippen molar-refractivity contribution < 1.29 is 19.2 Å². The van der Waals surface area contributed by atoms with E-state index in [2.05, 4.69) is 5.32 Å². The van der Waals surface area contributed by atoms with E-state index in [-0.39, 0.29) is 48.4 Å². The van der Waals surface area contributed by atoms with Gasteiger partial charge in [0.1, 0.15) is 6.04 Å². The summed E-state index contributed by atoms with van der Waals surface area (Å²) in [5.41, 5.74) is 0.915. The molecule has 7 heteroatoms. The molecule has 3 rings (SSSR count). The average Bonchev–Trinajstić information content (AvgIpc) is 3.02. The van der Waals surface area contributed by atoms with E-state index < -0.39 is 6.04 Å². The van der Waals surface area contributed by atoms with Crippen LogP contribution in [0.4, 0.5) is 0 Å². The summed E-state index contributed by atoms with van der Waals surface area (Å²) in [5.74, 6) is -1.44. The fraction of sp³-hybridized carbons (Fsp3) is 0.478. The highest BCUT2D eigenvalue weighted by molar-refractivity contribution is 6.05. The maximum atomic E-state index is 13.1. The van der Waals surface area contributed by atoms with Crippen LogP contribution < -0.4 is 5.32 Å². The number of likely N-dealkylation sites (N-methyl/N-ethyl adjacent to an activating group) is 1. The summed E-state index contributed by atoms with van der Waals surface area (Å²) in [4.78, 5) is 53.6. The predicted molar refractivity (Wildman–Crippen MR) is 112 cm³/mol. The number of hydrogen-bond donors (Lipinski definition) is 1. The molecule has 1 aromatic rings. The Labute approximate surface area is 177 Å². The molecule has 4 amide bonds. The van der Waals surface area contributed by atoms with E-state index in [0.29, 0.717) is 25.8 Å². The molecule has 1 heterocycles. The summed E-state index contributed by atoms with van der Waals surface area (Å²) < 4.78 is 0. The van der Waals surface area contributed by atoms with Crippen LogP contribution in [0.1, 0.15) is 38.2 Å². The molecule has 160 valence electrons. The van der Waals surface area contributed by atoms with Crippen molar-refractivity contribution in [2.45, 2.75) is 45.2 Å². The lowest BCUT2D eigenvalue weighted by atomic mass is 9.85. The van der Waals surface area contributed by atoms with Gasteiger partial charge in [0, 0.05) is 26.6 Å². The minimum atomic E-state index is -0.612. The molecule has 0 spiro atoms. The van der Waals surface area contributed by atoms with E-state index >= 15 is 0 Å². The number of rotatable bonds is 8. The van der Waals surface area contributed by atoms with Crippen LogP contribution >= 0.6 is 0 Å². The Balaban J connectivity index is 1.72. The Hall–Kier alpha value is -2.96. The first kappa shape index (κ1) is 21.7. The molecule has 0 bridgehead atoms. The molecule has 1 saturated heterocycles. The molecule has 0 saturated carbocycles. The Morgan fingerprint density at radius 2 is 1.70 bits per heavy atom. The van der Waals surface area contributed by atoms with Gasteiger partial charge >= 0.3 is 0 Å². The van der Waals surface area contributed by atoms with Crippen LogP contribution in [-0.2, 0) is 25.7 Å². The number of carbonyl (C=O) groups excluding carboxylic acids is 4. The summed E-state index contributed by atoms with van der Waals surface area (Å²) in [7, 11) is 1.55. The number of nitrogens with one attached hydrogen (secondary N) is 1. The third kappa shape index (κ3) is 4.45. The average molecular weight is 412 g/mol. The smallest absolute Gasteiger partial charge is 0.242 e. The molecule has 0 unspecified atom stereocenters. The van der Waals surface area contributed by atoms with Gasteiger partial charge < -0.3 is 10.2 Å². The Morgan fingerprint density at radius 3 is 2.23 bits per heavy atom. The summed E-state index contributed by atoms with van der Waals surface area (Å²) in [5, 5.41) is 2.62. The van der Waals surface area contributed by atoms with Gasteiger partial charge in [-0.25, -0.2) is 0 Å². The topological polar surface area (TPSA) is 86.8 Å². The zero-order valence-electron chi connectivity index (χ0n) is 17.5. The second-order valence-corrected chi connectivity index (χ2v) is 7.78. The van der Waals surface area contributed by atoms with Gasteiger partial charge in [-0.05, 0) is 24.8 Å². The zero-order chi connectivity index (χ0) is 21.7. The van der Waals surface area contributed by atoms with Crippen LogP contribution in [0.15, 0.2) is 42.5 Å². The number of likely N-dealkylation sites (tertiary alicyclic amines) is 1. The number of fused-ring (bicyclic) bond motifs is 1. The van der Waals surface area contributed by atoms with Gasteiger partial charge in [-0.2, -0.15) is 0 Å². The first-order valence-corrected chi connectivity index (χ1v) is 10.5. The van der Waals surface area contributed by atoms with Crippen LogP contribution in [0.5, 0.6) is 0 Å². The molecular formula is C23H29N3O4. The van der Waals surface area contributed by atoms with E-state index in [1.54, 1.807) is 11.9 Å². The summed E-state index contributed by atoms with van der Waals surface area (Å²) in [6.45, 7) is 2.21. The maximum absolute atomic E-state index is 13.1. The molecule has 30 heavy (non-hydrogen) atoms. The first-order valence-electron chi connectivity index (χ1n) is 10.5. The van der Waals surface area contributed by atoms with Crippen LogP contribution in [0.3, 0.4) is 0 Å². The van der Waals surface area contributed by atoms with Gasteiger partial charge in [0.2, 0.25) is 23.6 Å². The van der Waals surface area contributed by atoms with Gasteiger partial charge in [-0.3, -0.25) is 24.1 Å². The number of carbonyl (C=O) groups is 4. The molecule has 7 nitrogen and oxygen atoms in total. The molecule has 1 aliphatic heterocycles. The van der Waals surface area contributed by atoms with Gasteiger partial charge in [-0.1, -0.05) is 49.4 Å². The molecule has 2 aliphatic rings. The molecule has 1 fully saturated rings. The fourth-order valence-electron chi connectivity index (χ4n) is 4.31. The second-order valence-electron chi connectivity index (χ2n) is 7.78. The van der Waals surface area contributed by atoms with Crippen molar-refractivity contribution in [2.24, 2.45) is 11.8 Å². The number of amides is 4. The van der Waals surface area contributed by atoms with E-state index in [9.17, 15) is 19.2 Å². The summed E-state index contributed by atoms with van der Waals surface area (Å²) >= 11 is 0. The number of imide groups is 1. The van der Waals surface area contributed by atoms with E-state index in [0.717, 1.165) is 5.56 Å². The van der Waals surface area contributed by atoms with Crippen LogP contribution in [0, 0.1) is 11.8 Å². The molecule has 0 aromatic heterocycles. The fourth-order valence-corrected chi connectivity index (χ4v) is 4.31. The SMILES string of the molecule is CC[C@H](C(=O)NC)N(Cc1ccccc1)C(=O)CCN1C(=O)[C@H]2CC=CC[C@H]2C1=O. The highest BCUT2D eigenvalue weighted by atomic mass is 16.2. The van der Waals surface area contributed by atoms with Crippen molar-refractivity contribution in [3.8, 4) is 0 Å². The monoisotopic (exact) mass is 411 g/mol. The lowest BCUT2D eigenvalue weighted by Crippen LogP contribution is -2.49. The molecular weight excluding hydrogens is 382 g/mol. The standard InChI is InChI=1S/C23H29N3O4/c1-3-19(21(28)24-2)26(15-16-9-5-4-6-10-16)20(27)13-14-25-22(29)17-11-7-8-12-18(17)23(25)30/h4-10,17-19H,3,11-15H2,1-2H3,(H,24,28)/t17-,18+,19-/m1/s1. The molecule has 1 aliphatic carbocycles. The van der Waals surface area contributed by atoms with Gasteiger partial charge in [0.05, 0.1) is 11.8 Å². The first-order chi connectivity index (χ1) is 14.5. The van der Waals surface area contributed by atoms with Crippen molar-refractivity contribution in [1.29, 1.82) is 0 Å². The van der Waals surface area contributed by atoms with Crippen LogP contribution in [0.25, 0.3) is 0 Å². The quantitative estimate of drug-likeness (QED) is 0.523. The largest absolute Gasteiger partial charge is 0.357 e. The van der Waals surface area contributed by atoms with Gasteiger partial charge in [0.25, 0.3) is 0 Å². The van der Waals surface area contributed by atoms with Crippen LogP contribution in [-0.4, -0.2) is 53.1 Å².